The highest BCUT2D eigenvalue weighted by Crippen LogP contribution is 2.38. The number of pyridine rings is 1. The molecule has 0 radical (unpaired) electrons. The number of halogens is 1. The van der Waals surface area contributed by atoms with Gasteiger partial charge in [-0.25, -0.2) is 4.79 Å². The number of esters is 1. The van der Waals surface area contributed by atoms with E-state index >= 15 is 0 Å². The van der Waals surface area contributed by atoms with E-state index in [0.717, 1.165) is 44.2 Å². The number of ether oxygens (including phenoxy) is 2. The maximum atomic E-state index is 13.4. The second-order valence-electron chi connectivity index (χ2n) is 14.2. The lowest BCUT2D eigenvalue weighted by Gasteiger charge is -2.35. The third kappa shape index (κ3) is 8.94. The Labute approximate surface area is 341 Å². The number of aryl methyl sites for hydroxylation is 1. The summed E-state index contributed by atoms with van der Waals surface area (Å²) in [7, 11) is 3.66. The normalized spacial score (nSPS) is 16.6. The van der Waals surface area contributed by atoms with E-state index in [-0.39, 0.29) is 29.5 Å². The summed E-state index contributed by atoms with van der Waals surface area (Å²) in [6.07, 6.45) is 3.41. The Morgan fingerprint density at radius 2 is 1.84 bits per heavy atom. The van der Waals surface area contributed by atoms with E-state index in [4.69, 9.17) is 25.6 Å². The van der Waals surface area contributed by atoms with Gasteiger partial charge in [0.15, 0.2) is 0 Å². The zero-order valence-corrected chi connectivity index (χ0v) is 33.8. The molecule has 13 nitrogen and oxygen atoms in total. The summed E-state index contributed by atoms with van der Waals surface area (Å²) in [5.74, 6) is 0.717. The lowest BCUT2D eigenvalue weighted by atomic mass is 9.91. The first kappa shape index (κ1) is 40.6. The Morgan fingerprint density at radius 1 is 1.11 bits per heavy atom. The Balaban J connectivity index is 0.881. The van der Waals surface area contributed by atoms with Crippen LogP contribution in [-0.4, -0.2) is 80.7 Å². The number of rotatable bonds is 16. The Kier molecular flexibility index (Phi) is 12.7. The molecule has 0 bridgehead atoms. The van der Waals surface area contributed by atoms with Crippen LogP contribution in [0.3, 0.4) is 0 Å². The van der Waals surface area contributed by atoms with Crippen molar-refractivity contribution in [1.82, 2.24) is 25.3 Å². The number of aromatic hydroxyl groups is 1. The molecule has 7 rings (SSSR count). The van der Waals surface area contributed by atoms with Crippen LogP contribution in [0.25, 0.3) is 22.3 Å². The molecular weight excluding hydrogens is 790 g/mol. The standard InChI is InChI=1S/C41H44ClN5O8S2/c1-47(25-9-11-26(12-10-25)54-40(51)41(52,34-6-4-18-56-34)35-7-5-19-57-35)17-3-8-37-45-39(46-55-37)29-21-33(53-2)24(20-30(29)42)22-43-23-32(49)27-13-15-31(48)38-28(27)14-16-36(50)44-38/h4-7,13-16,18-21,25-26,32,43,48-49,52H,3,8-12,17,22-23H2,1-2H3,(H,44,50). The Morgan fingerprint density at radius 3 is 2.53 bits per heavy atom. The third-order valence-corrected chi connectivity index (χ3v) is 12.8. The summed E-state index contributed by atoms with van der Waals surface area (Å²) < 4.78 is 17.2. The number of aromatic amines is 1. The number of carbonyl (C=O) groups is 1. The molecule has 0 spiro atoms. The second kappa shape index (κ2) is 17.9. The van der Waals surface area contributed by atoms with Crippen molar-refractivity contribution in [2.45, 2.75) is 68.9 Å². The fourth-order valence-electron chi connectivity index (χ4n) is 7.36. The Hall–Kier alpha value is -4.61. The molecule has 5 N–H and O–H groups in total. The van der Waals surface area contributed by atoms with Crippen LogP contribution in [-0.2, 0) is 28.1 Å². The number of nitrogens with zero attached hydrogens (tertiary/aromatic N) is 3. The topological polar surface area (TPSA) is 183 Å². The number of phenolic OH excluding ortho intramolecular Hbond substituents is 1. The highest BCUT2D eigenvalue weighted by molar-refractivity contribution is 7.12. The average Bonchev–Trinajstić information content (AvgIpc) is 4.03. The number of benzene rings is 2. The predicted octanol–water partition coefficient (Wildman–Crippen LogP) is 6.55. The highest BCUT2D eigenvalue weighted by Gasteiger charge is 2.45. The van der Waals surface area contributed by atoms with Gasteiger partial charge in [-0.1, -0.05) is 35.0 Å². The number of aromatic nitrogens is 3. The molecular formula is C41H44ClN5O8S2. The molecule has 300 valence electrons. The molecule has 1 saturated carbocycles. The van der Waals surface area contributed by atoms with Crippen molar-refractivity contribution in [1.29, 1.82) is 0 Å². The van der Waals surface area contributed by atoms with Crippen LogP contribution < -0.4 is 15.6 Å². The molecule has 0 saturated heterocycles. The SMILES string of the molecule is COc1cc(-c2noc(CCCN(C)C3CCC(OC(=O)C(O)(c4cccs4)c4cccs4)CC3)n2)c(Cl)cc1CNCC(O)c1ccc(O)c2[nH]c(=O)ccc12. The van der Waals surface area contributed by atoms with Crippen molar-refractivity contribution in [2.75, 3.05) is 27.2 Å². The first-order chi connectivity index (χ1) is 27.5. The Bertz CT molecular complexity index is 2310. The summed E-state index contributed by atoms with van der Waals surface area (Å²) in [5.41, 5.74) is 0.0112. The van der Waals surface area contributed by atoms with Crippen LogP contribution in [0, 0.1) is 0 Å². The molecule has 1 aliphatic rings. The summed E-state index contributed by atoms with van der Waals surface area (Å²) in [6, 6.07) is 17.1. The minimum atomic E-state index is -1.80. The number of aliphatic hydroxyl groups is 2. The molecule has 0 amide bonds. The summed E-state index contributed by atoms with van der Waals surface area (Å²) in [6.45, 7) is 1.33. The van der Waals surface area contributed by atoms with E-state index in [9.17, 15) is 24.9 Å². The molecule has 1 unspecified atom stereocenters. The average molecular weight is 834 g/mol. The third-order valence-electron chi connectivity index (χ3n) is 10.5. The highest BCUT2D eigenvalue weighted by atomic mass is 35.5. The van der Waals surface area contributed by atoms with Gasteiger partial charge >= 0.3 is 5.97 Å². The first-order valence-electron chi connectivity index (χ1n) is 18.7. The van der Waals surface area contributed by atoms with Gasteiger partial charge in [-0.15, -0.1) is 22.7 Å². The fraction of sp³-hybridized carbons (Fsp3) is 0.366. The van der Waals surface area contributed by atoms with Crippen molar-refractivity contribution >= 4 is 51.1 Å². The van der Waals surface area contributed by atoms with Crippen molar-refractivity contribution < 1.29 is 34.1 Å². The van der Waals surface area contributed by atoms with E-state index in [1.54, 1.807) is 43.5 Å². The zero-order valence-electron chi connectivity index (χ0n) is 31.4. The molecule has 1 fully saturated rings. The van der Waals surface area contributed by atoms with Gasteiger partial charge in [0.1, 0.15) is 17.6 Å². The number of carbonyl (C=O) groups excluding carboxylic acids is 1. The van der Waals surface area contributed by atoms with E-state index in [2.05, 4.69) is 32.4 Å². The van der Waals surface area contributed by atoms with Gasteiger partial charge in [0.2, 0.25) is 22.9 Å². The zero-order chi connectivity index (χ0) is 40.1. The van der Waals surface area contributed by atoms with E-state index in [1.807, 2.05) is 22.9 Å². The lowest BCUT2D eigenvalue weighted by Crippen LogP contribution is -2.42. The van der Waals surface area contributed by atoms with E-state index in [0.29, 0.717) is 67.8 Å². The van der Waals surface area contributed by atoms with Crippen molar-refractivity contribution in [3.8, 4) is 22.9 Å². The van der Waals surface area contributed by atoms with Gasteiger partial charge < -0.3 is 44.5 Å². The molecule has 1 atom stereocenters. The van der Waals surface area contributed by atoms with Crippen molar-refractivity contribution in [3.05, 3.63) is 114 Å². The quantitative estimate of drug-likeness (QED) is 0.0665. The molecule has 1 aliphatic carbocycles. The fourth-order valence-corrected chi connectivity index (χ4v) is 9.34. The maximum absolute atomic E-state index is 13.4. The lowest BCUT2D eigenvalue weighted by molar-refractivity contribution is -0.169. The molecule has 4 aromatic heterocycles. The van der Waals surface area contributed by atoms with Crippen LogP contribution >= 0.6 is 34.3 Å². The van der Waals surface area contributed by atoms with Gasteiger partial charge in [0.25, 0.3) is 0 Å². The number of aliphatic hydroxyl groups excluding tert-OH is 1. The van der Waals surface area contributed by atoms with Gasteiger partial charge in [-0.3, -0.25) is 4.79 Å². The smallest absolute Gasteiger partial charge is 0.349 e. The van der Waals surface area contributed by atoms with E-state index in [1.165, 1.54) is 34.8 Å². The van der Waals surface area contributed by atoms with Crippen LogP contribution in [0.4, 0.5) is 0 Å². The monoisotopic (exact) mass is 833 g/mol. The van der Waals surface area contributed by atoms with Gasteiger partial charge in [0.05, 0.1) is 33.5 Å². The number of hydrogen-bond acceptors (Lipinski definition) is 14. The molecule has 4 heterocycles. The molecule has 16 heteroatoms. The number of hydrogen-bond donors (Lipinski definition) is 5. The molecule has 6 aromatic rings. The van der Waals surface area contributed by atoms with Crippen LogP contribution in [0.1, 0.15) is 65.0 Å². The van der Waals surface area contributed by atoms with Crippen molar-refractivity contribution in [3.63, 3.8) is 0 Å². The van der Waals surface area contributed by atoms with Crippen LogP contribution in [0.2, 0.25) is 5.02 Å². The number of fused-ring (bicyclic) bond motifs is 1. The summed E-state index contributed by atoms with van der Waals surface area (Å²) in [4.78, 5) is 35.8. The van der Waals surface area contributed by atoms with E-state index < -0.39 is 17.7 Å². The second-order valence-corrected chi connectivity index (χ2v) is 16.5. The molecule has 0 aliphatic heterocycles. The summed E-state index contributed by atoms with van der Waals surface area (Å²) >= 11 is 9.39. The molecule has 2 aromatic carbocycles. The minimum Gasteiger partial charge on any atom is -0.506 e. The maximum Gasteiger partial charge on any atom is 0.349 e. The van der Waals surface area contributed by atoms with Gasteiger partial charge in [-0.05, 0) is 98.4 Å². The largest absolute Gasteiger partial charge is 0.506 e. The summed E-state index contributed by atoms with van der Waals surface area (Å²) in [5, 5.41) is 44.8. The minimum absolute atomic E-state index is 0.0726. The molecule has 57 heavy (non-hydrogen) atoms. The predicted molar refractivity (Wildman–Crippen MR) is 219 cm³/mol. The van der Waals surface area contributed by atoms with Crippen LogP contribution in [0.5, 0.6) is 11.5 Å². The number of phenols is 1. The van der Waals surface area contributed by atoms with Gasteiger partial charge in [-0.2, -0.15) is 4.98 Å². The number of methoxy groups -OCH3 is 1. The number of thiophene rings is 2. The van der Waals surface area contributed by atoms with Gasteiger partial charge in [0, 0.05) is 48.1 Å². The number of nitrogens with one attached hydrogen (secondary N) is 2. The van der Waals surface area contributed by atoms with Crippen molar-refractivity contribution in [2.24, 2.45) is 0 Å². The first-order valence-corrected chi connectivity index (χ1v) is 20.8. The van der Waals surface area contributed by atoms with Crippen LogP contribution in [0.15, 0.2) is 80.7 Å². The number of H-pyrrole nitrogens is 1.